The number of carbonyl (C=O) groups excluding carboxylic acids is 1. The summed E-state index contributed by atoms with van der Waals surface area (Å²) >= 11 is 0. The van der Waals surface area contributed by atoms with Crippen molar-refractivity contribution in [1.82, 2.24) is 5.32 Å². The van der Waals surface area contributed by atoms with Gasteiger partial charge in [-0.25, -0.2) is 0 Å². The zero-order valence-electron chi connectivity index (χ0n) is 14.5. The largest absolute Gasteiger partial charge is 0.497 e. The molecule has 0 bridgehead atoms. The van der Waals surface area contributed by atoms with E-state index in [2.05, 4.69) is 19.2 Å². The number of benzene rings is 2. The smallest absolute Gasteiger partial charge is 0.258 e. The Morgan fingerprint density at radius 3 is 2.42 bits per heavy atom. The van der Waals surface area contributed by atoms with Gasteiger partial charge in [0, 0.05) is 6.07 Å². The van der Waals surface area contributed by atoms with Crippen molar-refractivity contribution in [1.29, 1.82) is 0 Å². The Morgan fingerprint density at radius 1 is 1.04 bits per heavy atom. The van der Waals surface area contributed by atoms with E-state index in [1.165, 1.54) is 0 Å². The number of ether oxygens (including phenoxy) is 2. The third kappa shape index (κ3) is 5.61. The minimum Gasteiger partial charge on any atom is -0.497 e. The lowest BCUT2D eigenvalue weighted by molar-refractivity contribution is -0.124. The average molecular weight is 327 g/mol. The Balaban J connectivity index is 1.94. The van der Waals surface area contributed by atoms with Crippen molar-refractivity contribution >= 4 is 5.91 Å². The van der Waals surface area contributed by atoms with Gasteiger partial charge in [-0.05, 0) is 30.0 Å². The molecule has 0 heterocycles. The van der Waals surface area contributed by atoms with Gasteiger partial charge in [0.05, 0.1) is 13.2 Å². The van der Waals surface area contributed by atoms with Crippen molar-refractivity contribution in [3.63, 3.8) is 0 Å². The summed E-state index contributed by atoms with van der Waals surface area (Å²) in [6.45, 7) is 4.28. The van der Waals surface area contributed by atoms with E-state index in [-0.39, 0.29) is 18.6 Å². The lowest BCUT2D eigenvalue weighted by atomic mass is 9.97. The van der Waals surface area contributed by atoms with E-state index in [1.807, 2.05) is 42.5 Å². The molecule has 0 radical (unpaired) electrons. The second-order valence-electron chi connectivity index (χ2n) is 6.13. The molecule has 0 aliphatic heterocycles. The first-order valence-corrected chi connectivity index (χ1v) is 8.19. The summed E-state index contributed by atoms with van der Waals surface area (Å²) in [6.07, 6.45) is 0.884. The summed E-state index contributed by atoms with van der Waals surface area (Å²) in [7, 11) is 1.60. The number of carbonyl (C=O) groups is 1. The molecule has 2 aromatic carbocycles. The van der Waals surface area contributed by atoms with Crippen molar-refractivity contribution in [3.8, 4) is 11.5 Å². The van der Waals surface area contributed by atoms with Gasteiger partial charge in [0.25, 0.3) is 5.91 Å². The zero-order chi connectivity index (χ0) is 17.4. The van der Waals surface area contributed by atoms with Crippen molar-refractivity contribution in [3.05, 3.63) is 60.2 Å². The van der Waals surface area contributed by atoms with E-state index in [1.54, 1.807) is 19.2 Å². The Morgan fingerprint density at radius 2 is 1.75 bits per heavy atom. The van der Waals surface area contributed by atoms with Crippen molar-refractivity contribution in [2.75, 3.05) is 13.7 Å². The third-order valence-corrected chi connectivity index (χ3v) is 3.66. The van der Waals surface area contributed by atoms with Crippen LogP contribution >= 0.6 is 0 Å². The molecule has 128 valence electrons. The second-order valence-corrected chi connectivity index (χ2v) is 6.13. The molecule has 1 N–H and O–H groups in total. The lowest BCUT2D eigenvalue weighted by Gasteiger charge is -2.21. The second kappa shape index (κ2) is 8.96. The van der Waals surface area contributed by atoms with Gasteiger partial charge in [0.1, 0.15) is 11.5 Å². The topological polar surface area (TPSA) is 47.6 Å². The molecule has 0 aliphatic carbocycles. The molecular weight excluding hydrogens is 302 g/mol. The fourth-order valence-electron chi connectivity index (χ4n) is 2.51. The minimum absolute atomic E-state index is 0.00684. The molecule has 4 nitrogen and oxygen atoms in total. The first kappa shape index (κ1) is 17.9. The van der Waals surface area contributed by atoms with Crippen LogP contribution in [0.5, 0.6) is 11.5 Å². The van der Waals surface area contributed by atoms with Gasteiger partial charge in [0.15, 0.2) is 6.61 Å². The molecule has 0 aliphatic rings. The molecular formula is C20H25NO3. The summed E-state index contributed by atoms with van der Waals surface area (Å²) in [6, 6.07) is 17.2. The number of nitrogens with one attached hydrogen (secondary N) is 1. The van der Waals surface area contributed by atoms with Crippen LogP contribution in [0.15, 0.2) is 54.6 Å². The summed E-state index contributed by atoms with van der Waals surface area (Å²) in [5.74, 6) is 1.67. The van der Waals surface area contributed by atoms with Gasteiger partial charge in [-0.2, -0.15) is 0 Å². The van der Waals surface area contributed by atoms with Gasteiger partial charge in [-0.3, -0.25) is 4.79 Å². The van der Waals surface area contributed by atoms with Crippen LogP contribution in [-0.4, -0.2) is 19.6 Å². The maximum atomic E-state index is 12.3. The van der Waals surface area contributed by atoms with Gasteiger partial charge in [-0.15, -0.1) is 0 Å². The Bertz CT molecular complexity index is 640. The van der Waals surface area contributed by atoms with Crippen LogP contribution in [0.3, 0.4) is 0 Å². The van der Waals surface area contributed by atoms with Crippen LogP contribution in [0.25, 0.3) is 0 Å². The van der Waals surface area contributed by atoms with Gasteiger partial charge < -0.3 is 14.8 Å². The zero-order valence-corrected chi connectivity index (χ0v) is 14.5. The maximum Gasteiger partial charge on any atom is 0.258 e. The molecule has 4 heteroatoms. The highest BCUT2D eigenvalue weighted by atomic mass is 16.5. The van der Waals surface area contributed by atoms with Gasteiger partial charge in [-0.1, -0.05) is 50.2 Å². The minimum atomic E-state index is -0.132. The standard InChI is InChI=1S/C20H25NO3/c1-15(2)12-19(16-8-5-4-6-9-16)21-20(22)14-24-18-11-7-10-17(13-18)23-3/h4-11,13,15,19H,12,14H2,1-3H3,(H,21,22)/t19-/m1/s1. The summed E-state index contributed by atoms with van der Waals surface area (Å²) in [5.41, 5.74) is 1.11. The lowest BCUT2D eigenvalue weighted by Crippen LogP contribution is -2.33. The van der Waals surface area contributed by atoms with Crippen LogP contribution in [-0.2, 0) is 4.79 Å². The molecule has 1 amide bonds. The highest BCUT2D eigenvalue weighted by Crippen LogP contribution is 2.21. The predicted octanol–water partition coefficient (Wildman–Crippen LogP) is 3.98. The van der Waals surface area contributed by atoms with E-state index in [0.29, 0.717) is 17.4 Å². The molecule has 0 aromatic heterocycles. The molecule has 0 fully saturated rings. The number of methoxy groups -OCH3 is 1. The Kier molecular flexibility index (Phi) is 6.67. The normalized spacial score (nSPS) is 11.8. The van der Waals surface area contributed by atoms with Crippen LogP contribution in [0, 0.1) is 5.92 Å². The molecule has 0 unspecified atom stereocenters. The Labute approximate surface area is 143 Å². The monoisotopic (exact) mass is 327 g/mol. The molecule has 2 rings (SSSR count). The number of hydrogen-bond donors (Lipinski definition) is 1. The Hall–Kier alpha value is -2.49. The third-order valence-electron chi connectivity index (χ3n) is 3.66. The van der Waals surface area contributed by atoms with Gasteiger partial charge in [0.2, 0.25) is 0 Å². The van der Waals surface area contributed by atoms with Crippen LogP contribution in [0.1, 0.15) is 31.9 Å². The van der Waals surface area contributed by atoms with Crippen molar-refractivity contribution in [2.24, 2.45) is 5.92 Å². The highest BCUT2D eigenvalue weighted by Gasteiger charge is 2.16. The molecule has 0 saturated carbocycles. The number of amides is 1. The van der Waals surface area contributed by atoms with E-state index in [4.69, 9.17) is 9.47 Å². The van der Waals surface area contributed by atoms with Gasteiger partial charge >= 0.3 is 0 Å². The van der Waals surface area contributed by atoms with E-state index in [9.17, 15) is 4.79 Å². The number of hydrogen-bond acceptors (Lipinski definition) is 3. The molecule has 2 aromatic rings. The molecule has 0 spiro atoms. The summed E-state index contributed by atoms with van der Waals surface area (Å²) in [4.78, 5) is 12.3. The molecule has 1 atom stereocenters. The maximum absolute atomic E-state index is 12.3. The fourth-order valence-corrected chi connectivity index (χ4v) is 2.51. The van der Waals surface area contributed by atoms with E-state index < -0.39 is 0 Å². The summed E-state index contributed by atoms with van der Waals surface area (Å²) < 4.78 is 10.7. The molecule has 0 saturated heterocycles. The first-order chi connectivity index (χ1) is 11.6. The van der Waals surface area contributed by atoms with E-state index in [0.717, 1.165) is 12.0 Å². The average Bonchev–Trinajstić information content (AvgIpc) is 2.60. The first-order valence-electron chi connectivity index (χ1n) is 8.19. The number of rotatable bonds is 8. The van der Waals surface area contributed by atoms with Crippen molar-refractivity contribution < 1.29 is 14.3 Å². The summed E-state index contributed by atoms with van der Waals surface area (Å²) in [5, 5.41) is 3.07. The van der Waals surface area contributed by atoms with Crippen LogP contribution in [0.4, 0.5) is 0 Å². The van der Waals surface area contributed by atoms with E-state index >= 15 is 0 Å². The quantitative estimate of drug-likeness (QED) is 0.798. The molecule has 24 heavy (non-hydrogen) atoms. The predicted molar refractivity (Wildman–Crippen MR) is 95.3 cm³/mol. The van der Waals surface area contributed by atoms with Crippen LogP contribution < -0.4 is 14.8 Å². The highest BCUT2D eigenvalue weighted by molar-refractivity contribution is 5.78. The van der Waals surface area contributed by atoms with Crippen molar-refractivity contribution in [2.45, 2.75) is 26.3 Å². The van der Waals surface area contributed by atoms with Crippen LogP contribution in [0.2, 0.25) is 0 Å². The fraction of sp³-hybridized carbons (Fsp3) is 0.350. The SMILES string of the molecule is COc1cccc(OCC(=O)N[C@H](CC(C)C)c2ccccc2)c1.